The van der Waals surface area contributed by atoms with Crippen molar-refractivity contribution < 1.29 is 14.6 Å². The third-order valence-corrected chi connectivity index (χ3v) is 4.57. The quantitative estimate of drug-likeness (QED) is 0.791. The molecular weight excluding hydrogens is 284 g/mol. The van der Waals surface area contributed by atoms with Gasteiger partial charge in [0.2, 0.25) is 0 Å². The van der Waals surface area contributed by atoms with E-state index in [1.54, 1.807) is 31.6 Å². The number of benzene rings is 2. The standard InChI is InChI=1S/C17H16O3S/c1-19-13-7-12(8-14(10-13)20-2)17(18)16-9-11-5-3-4-6-15(11)21-16/h3-10,17-18H,1-2H3. The van der Waals surface area contributed by atoms with Gasteiger partial charge in [-0.05, 0) is 35.2 Å². The zero-order chi connectivity index (χ0) is 14.8. The minimum Gasteiger partial charge on any atom is -0.497 e. The van der Waals surface area contributed by atoms with E-state index in [1.807, 2.05) is 36.4 Å². The molecule has 0 spiro atoms. The summed E-state index contributed by atoms with van der Waals surface area (Å²) in [7, 11) is 3.20. The zero-order valence-electron chi connectivity index (χ0n) is 11.9. The summed E-state index contributed by atoms with van der Waals surface area (Å²) in [6.45, 7) is 0. The fraction of sp³-hybridized carbons (Fsp3) is 0.176. The molecule has 1 N–H and O–H groups in total. The molecular formula is C17H16O3S. The Morgan fingerprint density at radius 2 is 1.62 bits per heavy atom. The molecule has 4 heteroatoms. The van der Waals surface area contributed by atoms with Gasteiger partial charge in [-0.15, -0.1) is 11.3 Å². The fourth-order valence-electron chi connectivity index (χ4n) is 2.29. The highest BCUT2D eigenvalue weighted by molar-refractivity contribution is 7.19. The number of rotatable bonds is 4. The summed E-state index contributed by atoms with van der Waals surface area (Å²) in [5, 5.41) is 11.8. The lowest BCUT2D eigenvalue weighted by molar-refractivity contribution is 0.223. The van der Waals surface area contributed by atoms with Crippen LogP contribution in [0.3, 0.4) is 0 Å². The highest BCUT2D eigenvalue weighted by Crippen LogP contribution is 2.35. The summed E-state index contributed by atoms with van der Waals surface area (Å²) in [6.07, 6.45) is -0.689. The van der Waals surface area contributed by atoms with Gasteiger partial charge in [-0.25, -0.2) is 0 Å². The maximum Gasteiger partial charge on any atom is 0.122 e. The number of hydrogen-bond donors (Lipinski definition) is 1. The van der Waals surface area contributed by atoms with Gasteiger partial charge in [0.1, 0.15) is 17.6 Å². The number of methoxy groups -OCH3 is 2. The lowest BCUT2D eigenvalue weighted by Gasteiger charge is -2.12. The van der Waals surface area contributed by atoms with Gasteiger partial charge in [-0.3, -0.25) is 0 Å². The van der Waals surface area contributed by atoms with Crippen LogP contribution in [0, 0.1) is 0 Å². The number of thiophene rings is 1. The van der Waals surface area contributed by atoms with E-state index in [0.29, 0.717) is 11.5 Å². The van der Waals surface area contributed by atoms with Crippen molar-refractivity contribution in [2.24, 2.45) is 0 Å². The Kier molecular flexibility index (Phi) is 3.82. The van der Waals surface area contributed by atoms with E-state index in [0.717, 1.165) is 15.8 Å². The Labute approximate surface area is 127 Å². The molecule has 0 aliphatic rings. The maximum absolute atomic E-state index is 10.6. The molecule has 0 saturated carbocycles. The van der Waals surface area contributed by atoms with E-state index < -0.39 is 6.10 Å². The van der Waals surface area contributed by atoms with Crippen molar-refractivity contribution in [1.82, 2.24) is 0 Å². The third kappa shape index (κ3) is 2.73. The van der Waals surface area contributed by atoms with Gasteiger partial charge < -0.3 is 14.6 Å². The summed E-state index contributed by atoms with van der Waals surface area (Å²) in [4.78, 5) is 0.909. The fourth-order valence-corrected chi connectivity index (χ4v) is 3.37. The van der Waals surface area contributed by atoms with Gasteiger partial charge in [0.25, 0.3) is 0 Å². The van der Waals surface area contributed by atoms with Crippen LogP contribution < -0.4 is 9.47 Å². The molecule has 0 aliphatic heterocycles. The van der Waals surface area contributed by atoms with Gasteiger partial charge >= 0.3 is 0 Å². The van der Waals surface area contributed by atoms with Gasteiger partial charge in [0.05, 0.1) is 14.2 Å². The molecule has 1 atom stereocenters. The predicted octanol–water partition coefficient (Wildman–Crippen LogP) is 4.00. The first kappa shape index (κ1) is 13.9. The summed E-state index contributed by atoms with van der Waals surface area (Å²) in [5.74, 6) is 1.34. The topological polar surface area (TPSA) is 38.7 Å². The van der Waals surface area contributed by atoms with Crippen LogP contribution >= 0.6 is 11.3 Å². The van der Waals surface area contributed by atoms with Gasteiger partial charge in [0, 0.05) is 15.6 Å². The second kappa shape index (κ2) is 5.76. The van der Waals surface area contributed by atoms with Crippen molar-refractivity contribution in [3.63, 3.8) is 0 Å². The van der Waals surface area contributed by atoms with Gasteiger partial charge in [0.15, 0.2) is 0 Å². The molecule has 3 rings (SSSR count). The van der Waals surface area contributed by atoms with Crippen molar-refractivity contribution in [2.45, 2.75) is 6.10 Å². The van der Waals surface area contributed by atoms with Crippen molar-refractivity contribution >= 4 is 21.4 Å². The molecule has 3 nitrogen and oxygen atoms in total. The van der Waals surface area contributed by atoms with Crippen LogP contribution in [0.1, 0.15) is 16.5 Å². The predicted molar refractivity (Wildman–Crippen MR) is 85.4 cm³/mol. The Morgan fingerprint density at radius 3 is 2.24 bits per heavy atom. The highest BCUT2D eigenvalue weighted by Gasteiger charge is 2.16. The molecule has 0 bridgehead atoms. The van der Waals surface area contributed by atoms with Crippen molar-refractivity contribution in [3.8, 4) is 11.5 Å². The SMILES string of the molecule is COc1cc(OC)cc(C(O)c2cc3ccccc3s2)c1. The molecule has 0 aliphatic carbocycles. The van der Waals surface area contributed by atoms with Gasteiger partial charge in [-0.2, -0.15) is 0 Å². The number of aliphatic hydroxyl groups excluding tert-OH is 1. The Hall–Kier alpha value is -2.04. The second-order valence-electron chi connectivity index (χ2n) is 4.74. The van der Waals surface area contributed by atoms with Gasteiger partial charge in [-0.1, -0.05) is 18.2 Å². The lowest BCUT2D eigenvalue weighted by atomic mass is 10.1. The molecule has 1 heterocycles. The average molecular weight is 300 g/mol. The smallest absolute Gasteiger partial charge is 0.122 e. The van der Waals surface area contributed by atoms with Crippen LogP contribution in [0.25, 0.3) is 10.1 Å². The van der Waals surface area contributed by atoms with Crippen molar-refractivity contribution in [3.05, 3.63) is 59.0 Å². The Morgan fingerprint density at radius 1 is 0.952 bits per heavy atom. The molecule has 21 heavy (non-hydrogen) atoms. The highest BCUT2D eigenvalue weighted by atomic mass is 32.1. The van der Waals surface area contributed by atoms with Crippen LogP contribution in [0.4, 0.5) is 0 Å². The van der Waals surface area contributed by atoms with Crippen LogP contribution in [-0.2, 0) is 0 Å². The molecule has 1 aromatic heterocycles. The minimum atomic E-state index is -0.689. The van der Waals surface area contributed by atoms with E-state index in [1.165, 1.54) is 4.70 Å². The van der Waals surface area contributed by atoms with Crippen LogP contribution in [0.5, 0.6) is 11.5 Å². The molecule has 3 aromatic rings. The molecule has 0 saturated heterocycles. The molecule has 0 fully saturated rings. The second-order valence-corrected chi connectivity index (χ2v) is 5.85. The first-order chi connectivity index (χ1) is 10.2. The normalized spacial score (nSPS) is 12.3. The first-order valence-electron chi connectivity index (χ1n) is 6.61. The first-order valence-corrected chi connectivity index (χ1v) is 7.42. The number of ether oxygens (including phenoxy) is 2. The van der Waals surface area contributed by atoms with E-state index in [4.69, 9.17) is 9.47 Å². The maximum atomic E-state index is 10.6. The Balaban J connectivity index is 2.02. The summed E-state index contributed by atoms with van der Waals surface area (Å²) >= 11 is 1.60. The van der Waals surface area contributed by atoms with Crippen LogP contribution in [0.15, 0.2) is 48.5 Å². The number of aliphatic hydroxyl groups is 1. The van der Waals surface area contributed by atoms with Crippen LogP contribution in [-0.4, -0.2) is 19.3 Å². The van der Waals surface area contributed by atoms with E-state index in [2.05, 4.69) is 6.07 Å². The molecule has 108 valence electrons. The monoisotopic (exact) mass is 300 g/mol. The Bertz CT molecular complexity index is 708. The minimum absolute atomic E-state index is 0.671. The summed E-state index contributed by atoms with van der Waals surface area (Å²) in [6, 6.07) is 15.6. The average Bonchev–Trinajstić information content (AvgIpc) is 2.97. The van der Waals surface area contributed by atoms with Crippen LogP contribution in [0.2, 0.25) is 0 Å². The zero-order valence-corrected chi connectivity index (χ0v) is 12.7. The molecule has 0 radical (unpaired) electrons. The van der Waals surface area contributed by atoms with E-state index in [9.17, 15) is 5.11 Å². The van der Waals surface area contributed by atoms with E-state index >= 15 is 0 Å². The molecule has 1 unspecified atom stereocenters. The van der Waals surface area contributed by atoms with Crippen molar-refractivity contribution in [1.29, 1.82) is 0 Å². The molecule has 0 amide bonds. The largest absolute Gasteiger partial charge is 0.497 e. The number of hydrogen-bond acceptors (Lipinski definition) is 4. The lowest BCUT2D eigenvalue weighted by Crippen LogP contribution is -1.99. The number of fused-ring (bicyclic) bond motifs is 1. The molecule has 2 aromatic carbocycles. The third-order valence-electron chi connectivity index (χ3n) is 3.40. The summed E-state index contributed by atoms with van der Waals surface area (Å²) < 4.78 is 11.7. The van der Waals surface area contributed by atoms with Crippen molar-refractivity contribution in [2.75, 3.05) is 14.2 Å². The summed E-state index contributed by atoms with van der Waals surface area (Å²) in [5.41, 5.74) is 0.762. The van der Waals surface area contributed by atoms with E-state index in [-0.39, 0.29) is 0 Å².